The second-order valence-electron chi connectivity index (χ2n) is 21.4. The first-order valence-corrected chi connectivity index (χ1v) is 29.9. The van der Waals surface area contributed by atoms with Crippen LogP contribution in [0.3, 0.4) is 0 Å². The summed E-state index contributed by atoms with van der Waals surface area (Å²) in [5.74, 6) is -0.690. The van der Waals surface area contributed by atoms with Crippen molar-refractivity contribution in [3.63, 3.8) is 0 Å². The van der Waals surface area contributed by atoms with E-state index in [0.717, 1.165) is 38.5 Å². The highest BCUT2D eigenvalue weighted by Gasteiger charge is 2.44. The molecule has 69 heavy (non-hydrogen) atoms. The molecule has 0 bridgehead atoms. The molecule has 0 aromatic heterocycles. The van der Waals surface area contributed by atoms with Crippen LogP contribution in [0.1, 0.15) is 296 Å². The minimum atomic E-state index is -1.66. The van der Waals surface area contributed by atoms with Crippen LogP contribution in [-0.2, 0) is 14.3 Å². The Balaban J connectivity index is 2.20. The molecule has 1 aliphatic heterocycles. The first-order valence-electron chi connectivity index (χ1n) is 29.9. The van der Waals surface area contributed by atoms with Crippen LogP contribution in [0.15, 0.2) is 0 Å². The van der Waals surface area contributed by atoms with Gasteiger partial charge < -0.3 is 50.5 Å². The van der Waals surface area contributed by atoms with Crippen LogP contribution >= 0.6 is 0 Å². The van der Waals surface area contributed by atoms with Crippen molar-refractivity contribution in [2.45, 2.75) is 351 Å². The summed E-state index contributed by atoms with van der Waals surface area (Å²) in [7, 11) is 0. The largest absolute Gasteiger partial charge is 0.394 e. The Bertz CT molecular complexity index is 1090. The van der Waals surface area contributed by atoms with Gasteiger partial charge in [0, 0.05) is 0 Å². The molecule has 1 fully saturated rings. The maximum absolute atomic E-state index is 13.2. The van der Waals surface area contributed by atoms with Crippen molar-refractivity contribution < 1.29 is 50.0 Å². The first kappa shape index (κ1) is 66.1. The Morgan fingerprint density at radius 1 is 0.449 bits per heavy atom. The van der Waals surface area contributed by atoms with Crippen LogP contribution in [0.2, 0.25) is 0 Å². The topological polar surface area (TPSA) is 189 Å². The molecule has 8 N–H and O–H groups in total. The van der Waals surface area contributed by atoms with Gasteiger partial charge in [0.2, 0.25) is 5.91 Å². The van der Waals surface area contributed by atoms with Crippen molar-refractivity contribution >= 4 is 5.91 Å². The average Bonchev–Trinajstić information content (AvgIpc) is 3.35. The van der Waals surface area contributed by atoms with Gasteiger partial charge in [-0.15, -0.1) is 0 Å². The number of ether oxygens (including phenoxy) is 2. The van der Waals surface area contributed by atoms with Gasteiger partial charge in [0.1, 0.15) is 36.6 Å². The smallest absolute Gasteiger partial charge is 0.249 e. The first-order chi connectivity index (χ1) is 33.7. The minimum absolute atomic E-state index is 0.267. The molecule has 0 saturated carbocycles. The molecule has 0 aromatic rings. The zero-order chi connectivity index (χ0) is 50.4. The number of carbonyl (C=O) groups excluding carboxylic acids is 1. The molecule has 1 aliphatic rings. The minimum Gasteiger partial charge on any atom is -0.394 e. The number of amides is 1. The van der Waals surface area contributed by atoms with Gasteiger partial charge in [-0.3, -0.25) is 4.79 Å². The Morgan fingerprint density at radius 3 is 1.07 bits per heavy atom. The number of nitrogens with one attached hydrogen (secondary N) is 1. The molecule has 1 saturated heterocycles. The summed E-state index contributed by atoms with van der Waals surface area (Å²) >= 11 is 0. The maximum atomic E-state index is 13.2. The third-order valence-electron chi connectivity index (χ3n) is 14.9. The second-order valence-corrected chi connectivity index (χ2v) is 21.4. The number of hydrogen-bond donors (Lipinski definition) is 8. The van der Waals surface area contributed by atoms with Crippen molar-refractivity contribution in [2.24, 2.45) is 0 Å². The summed E-state index contributed by atoms with van der Waals surface area (Å²) in [6, 6.07) is -1.16. The van der Waals surface area contributed by atoms with Gasteiger partial charge >= 0.3 is 0 Å². The summed E-state index contributed by atoms with van der Waals surface area (Å²) in [6.07, 6.45) is 43.2. The quantitative estimate of drug-likeness (QED) is 0.0272. The number of carbonyl (C=O) groups is 1. The van der Waals surface area contributed by atoms with Gasteiger partial charge in [0.05, 0.1) is 25.4 Å². The lowest BCUT2D eigenvalue weighted by atomic mass is 9.98. The lowest BCUT2D eigenvalue weighted by molar-refractivity contribution is -0.303. The predicted molar refractivity (Wildman–Crippen MR) is 284 cm³/mol. The molecule has 0 radical (unpaired) electrons. The number of hydrogen-bond acceptors (Lipinski definition) is 10. The van der Waals surface area contributed by atoms with Crippen LogP contribution < -0.4 is 5.32 Å². The van der Waals surface area contributed by atoms with Crippen LogP contribution in [0.25, 0.3) is 0 Å². The van der Waals surface area contributed by atoms with Crippen molar-refractivity contribution in [3.05, 3.63) is 0 Å². The fourth-order valence-corrected chi connectivity index (χ4v) is 10.0. The molecule has 412 valence electrons. The monoisotopic (exact) mass is 986 g/mol. The van der Waals surface area contributed by atoms with E-state index in [1.54, 1.807) is 0 Å². The molecule has 9 unspecified atom stereocenters. The van der Waals surface area contributed by atoms with Crippen molar-refractivity contribution in [3.8, 4) is 0 Å². The third kappa shape index (κ3) is 36.6. The van der Waals surface area contributed by atoms with E-state index >= 15 is 0 Å². The molecule has 1 heterocycles. The highest BCUT2D eigenvalue weighted by molar-refractivity contribution is 5.80. The molecule has 11 heteroatoms. The molecule has 9 atom stereocenters. The fraction of sp³-hybridized carbons (Fsp3) is 0.983. The number of aliphatic hydroxyl groups is 7. The normalized spacial score (nSPS) is 20.3. The van der Waals surface area contributed by atoms with E-state index in [1.807, 2.05) is 0 Å². The van der Waals surface area contributed by atoms with E-state index in [4.69, 9.17) is 9.47 Å². The van der Waals surface area contributed by atoms with Gasteiger partial charge in [-0.25, -0.2) is 0 Å². The molecular formula is C58H115NO10. The Hall–Kier alpha value is -0.890. The van der Waals surface area contributed by atoms with Gasteiger partial charge in [0.15, 0.2) is 6.29 Å². The van der Waals surface area contributed by atoms with Crippen molar-refractivity contribution in [1.29, 1.82) is 0 Å². The molecular weight excluding hydrogens is 871 g/mol. The van der Waals surface area contributed by atoms with E-state index in [1.165, 1.54) is 218 Å². The SMILES string of the molecule is CCCCCCCCCCCCCCCCCCCCCCCCCCCCCCCC(O)C(=O)NC(COC1OC(CO)C(O)C(O)C1O)C(O)C(O)CCCCCCCCCCCCCCC. The molecule has 0 aromatic carbocycles. The molecule has 11 nitrogen and oxygen atoms in total. The third-order valence-corrected chi connectivity index (χ3v) is 14.9. The summed E-state index contributed by atoms with van der Waals surface area (Å²) in [5, 5.41) is 76.0. The molecule has 0 aliphatic carbocycles. The van der Waals surface area contributed by atoms with Gasteiger partial charge in [-0.1, -0.05) is 284 Å². The summed E-state index contributed by atoms with van der Waals surface area (Å²) in [5.41, 5.74) is 0. The van der Waals surface area contributed by atoms with E-state index in [9.17, 15) is 40.5 Å². The van der Waals surface area contributed by atoms with E-state index in [0.29, 0.717) is 19.3 Å². The van der Waals surface area contributed by atoms with E-state index < -0.39 is 74.2 Å². The molecule has 0 spiro atoms. The Morgan fingerprint density at radius 2 is 0.754 bits per heavy atom. The van der Waals surface area contributed by atoms with Crippen LogP contribution in [-0.4, -0.2) is 110 Å². The molecule has 1 rings (SSSR count). The van der Waals surface area contributed by atoms with Gasteiger partial charge in [-0.2, -0.15) is 0 Å². The fourth-order valence-electron chi connectivity index (χ4n) is 10.0. The van der Waals surface area contributed by atoms with Crippen molar-refractivity contribution in [2.75, 3.05) is 13.2 Å². The summed E-state index contributed by atoms with van der Waals surface area (Å²) in [4.78, 5) is 13.2. The standard InChI is InChI=1S/C58H115NO10/c1-3-5-7-9-11-13-15-17-18-19-20-21-22-23-24-25-26-27-28-29-30-31-32-34-36-38-40-42-44-46-51(62)57(67)59-49(48-68-58-56(66)55(65)54(64)52(47-60)69-58)53(63)50(61)45-43-41-39-37-35-33-16-14-12-10-8-6-4-2/h49-56,58,60-66H,3-48H2,1-2H3,(H,59,67). The molecule has 1 amide bonds. The van der Waals surface area contributed by atoms with Crippen molar-refractivity contribution in [1.82, 2.24) is 5.32 Å². The maximum Gasteiger partial charge on any atom is 0.249 e. The Kier molecular flexibility index (Phi) is 46.1. The predicted octanol–water partition coefficient (Wildman–Crippen LogP) is 12.6. The zero-order valence-electron chi connectivity index (χ0n) is 45.1. The van der Waals surface area contributed by atoms with Gasteiger partial charge in [-0.05, 0) is 12.8 Å². The van der Waals surface area contributed by atoms with Crippen LogP contribution in [0.4, 0.5) is 0 Å². The van der Waals surface area contributed by atoms with E-state index in [2.05, 4.69) is 19.2 Å². The number of rotatable bonds is 52. The van der Waals surface area contributed by atoms with Crippen LogP contribution in [0, 0.1) is 0 Å². The van der Waals surface area contributed by atoms with Gasteiger partial charge in [0.25, 0.3) is 0 Å². The highest BCUT2D eigenvalue weighted by atomic mass is 16.7. The summed E-state index contributed by atoms with van der Waals surface area (Å²) < 4.78 is 11.1. The number of unbranched alkanes of at least 4 members (excludes halogenated alkanes) is 40. The van der Waals surface area contributed by atoms with E-state index in [-0.39, 0.29) is 6.42 Å². The Labute approximate surface area is 424 Å². The lowest BCUT2D eigenvalue weighted by Crippen LogP contribution is -2.60. The van der Waals surface area contributed by atoms with Crippen LogP contribution in [0.5, 0.6) is 0 Å². The lowest BCUT2D eigenvalue weighted by Gasteiger charge is -2.40. The highest BCUT2D eigenvalue weighted by Crippen LogP contribution is 2.24. The average molecular weight is 987 g/mol. The number of aliphatic hydroxyl groups excluding tert-OH is 7. The second kappa shape index (κ2) is 48.1. The summed E-state index contributed by atoms with van der Waals surface area (Å²) in [6.45, 7) is 3.48. The zero-order valence-corrected chi connectivity index (χ0v) is 45.1.